The van der Waals surface area contributed by atoms with Gasteiger partial charge in [-0.05, 0) is 34.0 Å². The third kappa shape index (κ3) is 2.53. The molecule has 0 saturated carbocycles. The summed E-state index contributed by atoms with van der Waals surface area (Å²) < 4.78 is 5.97. The smallest absolute Gasteiger partial charge is 0.244 e. The highest BCUT2D eigenvalue weighted by atomic mass is 79.9. The van der Waals surface area contributed by atoms with E-state index in [0.29, 0.717) is 17.4 Å². The Morgan fingerprint density at radius 3 is 2.82 bits per heavy atom. The SMILES string of the molecule is CC(C)[C@H](N)c1nc(-c2ncccc2Br)no1. The molecule has 1 atom stereocenters. The molecule has 6 heteroatoms. The van der Waals surface area contributed by atoms with E-state index < -0.39 is 0 Å². The molecule has 0 amide bonds. The van der Waals surface area contributed by atoms with Crippen molar-refractivity contribution in [3.63, 3.8) is 0 Å². The molecule has 2 heterocycles. The van der Waals surface area contributed by atoms with Gasteiger partial charge in [-0.15, -0.1) is 0 Å². The quantitative estimate of drug-likeness (QED) is 0.942. The summed E-state index contributed by atoms with van der Waals surface area (Å²) in [6.07, 6.45) is 1.68. The summed E-state index contributed by atoms with van der Waals surface area (Å²) >= 11 is 3.39. The maximum atomic E-state index is 5.94. The largest absolute Gasteiger partial charge is 0.337 e. The second kappa shape index (κ2) is 4.93. The Balaban J connectivity index is 2.34. The standard InChI is InChI=1S/C11H13BrN4O/c1-6(2)8(13)11-15-10(16-17-11)9-7(12)4-3-5-14-9/h3-6,8H,13H2,1-2H3/t8-/m0/s1. The molecule has 0 saturated heterocycles. The number of aromatic nitrogens is 3. The van der Waals surface area contributed by atoms with Crippen molar-refractivity contribution in [1.29, 1.82) is 0 Å². The van der Waals surface area contributed by atoms with Crippen LogP contribution in [-0.4, -0.2) is 15.1 Å². The Morgan fingerprint density at radius 1 is 1.41 bits per heavy atom. The first-order chi connectivity index (χ1) is 8.09. The topological polar surface area (TPSA) is 77.8 Å². The lowest BCUT2D eigenvalue weighted by atomic mass is 10.1. The summed E-state index contributed by atoms with van der Waals surface area (Å²) in [4.78, 5) is 8.46. The number of nitrogens with zero attached hydrogens (tertiary/aromatic N) is 3. The van der Waals surface area contributed by atoms with Crippen molar-refractivity contribution < 1.29 is 4.52 Å². The van der Waals surface area contributed by atoms with E-state index in [-0.39, 0.29) is 12.0 Å². The minimum Gasteiger partial charge on any atom is -0.337 e. The number of hydrogen-bond donors (Lipinski definition) is 1. The summed E-state index contributed by atoms with van der Waals surface area (Å²) in [6, 6.07) is 3.45. The molecule has 0 fully saturated rings. The minimum absolute atomic E-state index is 0.246. The normalized spacial score (nSPS) is 13.0. The van der Waals surface area contributed by atoms with Crippen LogP contribution >= 0.6 is 15.9 Å². The molecule has 5 nitrogen and oxygen atoms in total. The van der Waals surface area contributed by atoms with Gasteiger partial charge in [-0.25, -0.2) is 0 Å². The van der Waals surface area contributed by atoms with Crippen LogP contribution in [-0.2, 0) is 0 Å². The zero-order chi connectivity index (χ0) is 12.4. The Bertz CT molecular complexity index is 512. The van der Waals surface area contributed by atoms with Gasteiger partial charge in [0.05, 0.1) is 6.04 Å². The summed E-state index contributed by atoms with van der Waals surface area (Å²) in [7, 11) is 0. The fraction of sp³-hybridized carbons (Fsp3) is 0.364. The van der Waals surface area contributed by atoms with Gasteiger partial charge in [0.1, 0.15) is 5.69 Å². The molecule has 0 unspecified atom stereocenters. The molecule has 0 aliphatic heterocycles. The van der Waals surface area contributed by atoms with Gasteiger partial charge in [0.25, 0.3) is 0 Å². The van der Waals surface area contributed by atoms with E-state index in [1.807, 2.05) is 26.0 Å². The van der Waals surface area contributed by atoms with Gasteiger partial charge in [0, 0.05) is 10.7 Å². The van der Waals surface area contributed by atoms with Crippen LogP contribution in [0.3, 0.4) is 0 Å². The molecule has 0 bridgehead atoms. The molecule has 2 aromatic rings. The van der Waals surface area contributed by atoms with E-state index in [1.165, 1.54) is 0 Å². The van der Waals surface area contributed by atoms with Crippen molar-refractivity contribution >= 4 is 15.9 Å². The molecule has 0 aromatic carbocycles. The minimum atomic E-state index is -0.251. The predicted octanol–water partition coefficient (Wildman–Crippen LogP) is 2.55. The van der Waals surface area contributed by atoms with Crippen LogP contribution in [0.2, 0.25) is 0 Å². The zero-order valence-corrected chi connectivity index (χ0v) is 11.2. The summed E-state index contributed by atoms with van der Waals surface area (Å²) in [5.74, 6) is 1.13. The van der Waals surface area contributed by atoms with E-state index >= 15 is 0 Å². The third-order valence-electron chi connectivity index (χ3n) is 2.42. The number of halogens is 1. The van der Waals surface area contributed by atoms with Gasteiger partial charge in [-0.1, -0.05) is 19.0 Å². The van der Waals surface area contributed by atoms with Crippen molar-refractivity contribution in [3.8, 4) is 11.5 Å². The maximum absolute atomic E-state index is 5.94. The molecular formula is C11H13BrN4O. The molecule has 2 N–H and O–H groups in total. The number of nitrogens with two attached hydrogens (primary N) is 1. The summed E-state index contributed by atoms with van der Waals surface area (Å²) in [5, 5.41) is 3.89. The van der Waals surface area contributed by atoms with Crippen LogP contribution in [0, 0.1) is 5.92 Å². The Morgan fingerprint density at radius 2 is 2.18 bits per heavy atom. The lowest BCUT2D eigenvalue weighted by Crippen LogP contribution is -2.16. The van der Waals surface area contributed by atoms with E-state index in [1.54, 1.807) is 6.20 Å². The molecule has 0 aliphatic carbocycles. The Hall–Kier alpha value is -1.27. The van der Waals surface area contributed by atoms with Gasteiger partial charge in [-0.2, -0.15) is 4.98 Å². The summed E-state index contributed by atoms with van der Waals surface area (Å²) in [5.41, 5.74) is 6.59. The highest BCUT2D eigenvalue weighted by Crippen LogP contribution is 2.25. The molecule has 17 heavy (non-hydrogen) atoms. The van der Waals surface area contributed by atoms with Crippen LogP contribution in [0.15, 0.2) is 27.3 Å². The van der Waals surface area contributed by atoms with E-state index in [2.05, 4.69) is 31.1 Å². The average Bonchev–Trinajstić information content (AvgIpc) is 2.77. The van der Waals surface area contributed by atoms with Gasteiger partial charge in [0.2, 0.25) is 11.7 Å². The van der Waals surface area contributed by atoms with Crippen LogP contribution < -0.4 is 5.73 Å². The highest BCUT2D eigenvalue weighted by molar-refractivity contribution is 9.10. The first-order valence-electron chi connectivity index (χ1n) is 5.29. The maximum Gasteiger partial charge on any atom is 0.244 e. The second-order valence-electron chi connectivity index (χ2n) is 4.06. The zero-order valence-electron chi connectivity index (χ0n) is 9.59. The monoisotopic (exact) mass is 296 g/mol. The van der Waals surface area contributed by atoms with Crippen molar-refractivity contribution in [2.24, 2.45) is 11.7 Å². The van der Waals surface area contributed by atoms with Crippen molar-refractivity contribution in [2.75, 3.05) is 0 Å². The van der Waals surface area contributed by atoms with Gasteiger partial charge >= 0.3 is 0 Å². The highest BCUT2D eigenvalue weighted by Gasteiger charge is 2.19. The molecule has 2 rings (SSSR count). The second-order valence-corrected chi connectivity index (χ2v) is 4.91. The van der Waals surface area contributed by atoms with Gasteiger partial charge in [0.15, 0.2) is 0 Å². The van der Waals surface area contributed by atoms with Crippen molar-refractivity contribution in [1.82, 2.24) is 15.1 Å². The van der Waals surface area contributed by atoms with Crippen molar-refractivity contribution in [3.05, 3.63) is 28.7 Å². The van der Waals surface area contributed by atoms with Crippen LogP contribution in [0.4, 0.5) is 0 Å². The molecular weight excluding hydrogens is 284 g/mol. The van der Waals surface area contributed by atoms with Crippen molar-refractivity contribution in [2.45, 2.75) is 19.9 Å². The number of rotatable bonds is 3. The summed E-state index contributed by atoms with van der Waals surface area (Å²) in [6.45, 7) is 4.01. The predicted molar refractivity (Wildman–Crippen MR) is 67.0 cm³/mol. The van der Waals surface area contributed by atoms with Gasteiger partial charge < -0.3 is 10.3 Å². The average molecular weight is 297 g/mol. The molecule has 2 aromatic heterocycles. The lowest BCUT2D eigenvalue weighted by Gasteiger charge is -2.09. The number of pyridine rings is 1. The Labute approximate surface area is 108 Å². The van der Waals surface area contributed by atoms with Crippen LogP contribution in [0.25, 0.3) is 11.5 Å². The fourth-order valence-corrected chi connectivity index (χ4v) is 1.73. The third-order valence-corrected chi connectivity index (χ3v) is 3.06. The Kier molecular flexibility index (Phi) is 3.54. The van der Waals surface area contributed by atoms with Crippen LogP contribution in [0.1, 0.15) is 25.8 Å². The van der Waals surface area contributed by atoms with E-state index in [9.17, 15) is 0 Å². The molecule has 0 aliphatic rings. The molecule has 90 valence electrons. The first-order valence-corrected chi connectivity index (χ1v) is 6.09. The van der Waals surface area contributed by atoms with Crippen LogP contribution in [0.5, 0.6) is 0 Å². The lowest BCUT2D eigenvalue weighted by molar-refractivity contribution is 0.325. The first kappa shape index (κ1) is 12.2. The number of hydrogen-bond acceptors (Lipinski definition) is 5. The fourth-order valence-electron chi connectivity index (χ4n) is 1.30. The van der Waals surface area contributed by atoms with E-state index in [0.717, 1.165) is 4.47 Å². The van der Waals surface area contributed by atoms with E-state index in [4.69, 9.17) is 10.3 Å². The molecule has 0 spiro atoms. The van der Waals surface area contributed by atoms with Gasteiger partial charge in [-0.3, -0.25) is 4.98 Å². The molecule has 0 radical (unpaired) electrons.